The second-order valence-corrected chi connectivity index (χ2v) is 6.81. The summed E-state index contributed by atoms with van der Waals surface area (Å²) in [7, 11) is 1.59. The fraction of sp³-hybridized carbons (Fsp3) is 0.0455. The van der Waals surface area contributed by atoms with Crippen molar-refractivity contribution in [2.24, 2.45) is 0 Å². The largest absolute Gasteiger partial charge is 0.496 e. The molecule has 2 aromatic heterocycles. The van der Waals surface area contributed by atoms with Gasteiger partial charge in [0.25, 0.3) is 0 Å². The van der Waals surface area contributed by atoms with Crippen LogP contribution in [-0.2, 0) is 0 Å². The molecule has 0 fully saturated rings. The summed E-state index contributed by atoms with van der Waals surface area (Å²) in [4.78, 5) is 20.1. The van der Waals surface area contributed by atoms with Crippen molar-refractivity contribution in [3.63, 3.8) is 0 Å². The number of hydrogen-bond donors (Lipinski definition) is 2. The van der Waals surface area contributed by atoms with Gasteiger partial charge in [-0.05, 0) is 42.0 Å². The molecule has 4 rings (SSSR count). The van der Waals surface area contributed by atoms with Gasteiger partial charge < -0.3 is 15.6 Å². The Kier molecular flexibility index (Phi) is 4.78. The summed E-state index contributed by atoms with van der Waals surface area (Å²) in [5.74, 6) is -0.00180. The summed E-state index contributed by atoms with van der Waals surface area (Å²) in [6.07, 6.45) is 3.30. The van der Waals surface area contributed by atoms with E-state index in [1.807, 2.05) is 18.2 Å². The fourth-order valence-corrected chi connectivity index (χ4v) is 3.39. The SMILES string of the molecule is COc1ccc(Cl)c2cc(-c3cc(-c4cccc(C(=O)O)c4)cnc3N)ncc12. The number of anilines is 1. The van der Waals surface area contributed by atoms with E-state index in [2.05, 4.69) is 9.97 Å². The van der Waals surface area contributed by atoms with E-state index in [1.54, 1.807) is 43.8 Å². The summed E-state index contributed by atoms with van der Waals surface area (Å²) >= 11 is 6.37. The Hall–Kier alpha value is -3.64. The molecule has 2 aromatic carbocycles. The summed E-state index contributed by atoms with van der Waals surface area (Å²) in [6, 6.07) is 13.9. The van der Waals surface area contributed by atoms with Crippen molar-refractivity contribution in [3.8, 4) is 28.1 Å². The molecule has 0 aliphatic heterocycles. The first kappa shape index (κ1) is 18.7. The Labute approximate surface area is 171 Å². The summed E-state index contributed by atoms with van der Waals surface area (Å²) < 4.78 is 5.38. The molecule has 144 valence electrons. The quantitative estimate of drug-likeness (QED) is 0.500. The Morgan fingerprint density at radius 3 is 2.62 bits per heavy atom. The molecule has 0 aliphatic carbocycles. The molecule has 6 nitrogen and oxygen atoms in total. The number of benzene rings is 2. The fourth-order valence-electron chi connectivity index (χ4n) is 3.17. The maximum Gasteiger partial charge on any atom is 0.335 e. The molecule has 0 amide bonds. The minimum absolute atomic E-state index is 0.198. The number of halogens is 1. The third-order valence-electron chi connectivity index (χ3n) is 4.66. The standard InChI is InChI=1S/C22H16ClN3O3/c1-29-20-6-5-18(23)15-9-19(25-11-17(15)20)16-8-14(10-26-21(16)24)12-3-2-4-13(7-12)22(27)28/h2-11H,1H3,(H2,24,26)(H,27,28). The van der Waals surface area contributed by atoms with Gasteiger partial charge in [-0.1, -0.05) is 23.7 Å². The lowest BCUT2D eigenvalue weighted by Gasteiger charge is -2.11. The van der Waals surface area contributed by atoms with Gasteiger partial charge in [0.15, 0.2) is 0 Å². The number of nitrogens with zero attached hydrogens (tertiary/aromatic N) is 2. The molecule has 0 atom stereocenters. The van der Waals surface area contributed by atoms with Crippen LogP contribution >= 0.6 is 11.6 Å². The highest BCUT2D eigenvalue weighted by atomic mass is 35.5. The van der Waals surface area contributed by atoms with Gasteiger partial charge in [0.2, 0.25) is 0 Å². The third-order valence-corrected chi connectivity index (χ3v) is 4.99. The zero-order chi connectivity index (χ0) is 20.5. The number of nitrogen functional groups attached to an aromatic ring is 1. The molecular weight excluding hydrogens is 390 g/mol. The highest BCUT2D eigenvalue weighted by Crippen LogP contribution is 2.35. The number of nitrogens with two attached hydrogens (primary N) is 1. The number of methoxy groups -OCH3 is 1. The van der Waals surface area contributed by atoms with Crippen molar-refractivity contribution in [2.75, 3.05) is 12.8 Å². The van der Waals surface area contributed by atoms with Crippen molar-refractivity contribution < 1.29 is 14.6 Å². The lowest BCUT2D eigenvalue weighted by Crippen LogP contribution is -1.98. The summed E-state index contributed by atoms with van der Waals surface area (Å²) in [5, 5.41) is 11.4. The molecular formula is C22H16ClN3O3. The molecule has 0 saturated heterocycles. The molecule has 29 heavy (non-hydrogen) atoms. The zero-order valence-electron chi connectivity index (χ0n) is 15.4. The van der Waals surface area contributed by atoms with Gasteiger partial charge in [0.05, 0.1) is 18.4 Å². The van der Waals surface area contributed by atoms with Crippen molar-refractivity contribution in [1.29, 1.82) is 0 Å². The topological polar surface area (TPSA) is 98.3 Å². The van der Waals surface area contributed by atoms with E-state index in [9.17, 15) is 9.90 Å². The van der Waals surface area contributed by atoms with Crippen molar-refractivity contribution in [2.45, 2.75) is 0 Å². The molecule has 7 heteroatoms. The van der Waals surface area contributed by atoms with Crippen LogP contribution in [0.5, 0.6) is 5.75 Å². The van der Waals surface area contributed by atoms with Crippen LogP contribution < -0.4 is 10.5 Å². The number of hydrogen-bond acceptors (Lipinski definition) is 5. The van der Waals surface area contributed by atoms with Crippen LogP contribution in [0.15, 0.2) is 60.9 Å². The van der Waals surface area contributed by atoms with Gasteiger partial charge in [-0.15, -0.1) is 0 Å². The number of carboxylic acid groups (broad SMARTS) is 1. The van der Waals surface area contributed by atoms with E-state index < -0.39 is 5.97 Å². The molecule has 2 heterocycles. The predicted molar refractivity (Wildman–Crippen MR) is 113 cm³/mol. The first-order chi connectivity index (χ1) is 14.0. The van der Waals surface area contributed by atoms with E-state index in [1.165, 1.54) is 6.07 Å². The Balaban J connectivity index is 1.86. The van der Waals surface area contributed by atoms with Crippen molar-refractivity contribution >= 4 is 34.2 Å². The average Bonchev–Trinajstić information content (AvgIpc) is 2.74. The van der Waals surface area contributed by atoms with Gasteiger partial charge in [0.1, 0.15) is 11.6 Å². The zero-order valence-corrected chi connectivity index (χ0v) is 16.1. The molecule has 0 unspecified atom stereocenters. The maximum absolute atomic E-state index is 11.3. The Morgan fingerprint density at radius 2 is 1.86 bits per heavy atom. The van der Waals surface area contributed by atoms with Crippen LogP contribution in [0.1, 0.15) is 10.4 Å². The van der Waals surface area contributed by atoms with Crippen molar-refractivity contribution in [3.05, 3.63) is 71.5 Å². The van der Waals surface area contributed by atoms with Gasteiger partial charge in [0, 0.05) is 39.3 Å². The van der Waals surface area contributed by atoms with E-state index in [4.69, 9.17) is 22.1 Å². The maximum atomic E-state index is 11.3. The van der Waals surface area contributed by atoms with E-state index in [0.29, 0.717) is 27.8 Å². The van der Waals surface area contributed by atoms with Crippen LogP contribution in [0.4, 0.5) is 5.82 Å². The number of aromatic nitrogens is 2. The normalized spacial score (nSPS) is 10.8. The first-order valence-electron chi connectivity index (χ1n) is 8.70. The monoisotopic (exact) mass is 405 g/mol. The predicted octanol–water partition coefficient (Wildman–Crippen LogP) is 4.91. The number of carbonyl (C=O) groups is 1. The minimum Gasteiger partial charge on any atom is -0.496 e. The average molecular weight is 406 g/mol. The highest BCUT2D eigenvalue weighted by Gasteiger charge is 2.13. The second kappa shape index (κ2) is 7.41. The number of carboxylic acids is 1. The van der Waals surface area contributed by atoms with Gasteiger partial charge in [-0.3, -0.25) is 4.98 Å². The molecule has 4 aromatic rings. The summed E-state index contributed by atoms with van der Waals surface area (Å²) in [6.45, 7) is 0. The number of rotatable bonds is 4. The smallest absolute Gasteiger partial charge is 0.335 e. The van der Waals surface area contributed by atoms with Gasteiger partial charge in [-0.2, -0.15) is 0 Å². The second-order valence-electron chi connectivity index (χ2n) is 6.41. The molecule has 0 radical (unpaired) electrons. The lowest BCUT2D eigenvalue weighted by molar-refractivity contribution is 0.0697. The molecule has 0 spiro atoms. The van der Waals surface area contributed by atoms with E-state index in [-0.39, 0.29) is 5.56 Å². The lowest BCUT2D eigenvalue weighted by atomic mass is 10.0. The Morgan fingerprint density at radius 1 is 1.03 bits per heavy atom. The minimum atomic E-state index is -0.990. The van der Waals surface area contributed by atoms with E-state index >= 15 is 0 Å². The number of aromatic carboxylic acids is 1. The van der Waals surface area contributed by atoms with Crippen molar-refractivity contribution in [1.82, 2.24) is 9.97 Å². The number of ether oxygens (including phenoxy) is 1. The van der Waals surface area contributed by atoms with Crippen LogP contribution in [0.2, 0.25) is 5.02 Å². The molecule has 3 N–H and O–H groups in total. The van der Waals surface area contributed by atoms with Gasteiger partial charge >= 0.3 is 5.97 Å². The van der Waals surface area contributed by atoms with Crippen LogP contribution in [-0.4, -0.2) is 28.2 Å². The number of fused-ring (bicyclic) bond motifs is 1. The third kappa shape index (κ3) is 3.46. The Bertz CT molecular complexity index is 1260. The first-order valence-corrected chi connectivity index (χ1v) is 9.07. The molecule has 0 saturated carbocycles. The van der Waals surface area contributed by atoms with Crippen LogP contribution in [0.25, 0.3) is 33.2 Å². The van der Waals surface area contributed by atoms with E-state index in [0.717, 1.165) is 21.9 Å². The van der Waals surface area contributed by atoms with Gasteiger partial charge in [-0.25, -0.2) is 9.78 Å². The molecule has 0 bridgehead atoms. The molecule has 0 aliphatic rings. The summed E-state index contributed by atoms with van der Waals surface area (Å²) in [5.41, 5.74) is 9.00. The van der Waals surface area contributed by atoms with Crippen LogP contribution in [0, 0.1) is 0 Å². The van der Waals surface area contributed by atoms with Crippen LogP contribution in [0.3, 0.4) is 0 Å². The number of pyridine rings is 2. The highest BCUT2D eigenvalue weighted by molar-refractivity contribution is 6.35.